The number of nitrogens with zero attached hydrogens (tertiary/aromatic N) is 1. The second kappa shape index (κ2) is 2.11. The van der Waals surface area contributed by atoms with Crippen molar-refractivity contribution in [1.82, 2.24) is 4.90 Å². The zero-order valence-corrected chi connectivity index (χ0v) is 6.53. The van der Waals surface area contributed by atoms with Crippen LogP contribution in [0.3, 0.4) is 0 Å². The summed E-state index contributed by atoms with van der Waals surface area (Å²) < 4.78 is 0. The van der Waals surface area contributed by atoms with E-state index in [-0.39, 0.29) is 5.28 Å². The molecule has 9 heavy (non-hydrogen) atoms. The van der Waals surface area contributed by atoms with Crippen molar-refractivity contribution in [1.29, 1.82) is 0 Å². The van der Waals surface area contributed by atoms with Gasteiger partial charge in [-0.3, -0.25) is 0 Å². The minimum Gasteiger partial charge on any atom is -0.365 e. The minimum absolute atomic E-state index is 0.347. The van der Waals surface area contributed by atoms with Gasteiger partial charge in [0.25, 0.3) is 0 Å². The van der Waals surface area contributed by atoms with Crippen molar-refractivity contribution in [2.75, 3.05) is 7.05 Å². The van der Waals surface area contributed by atoms with Crippen LogP contribution < -0.4 is 0 Å². The van der Waals surface area contributed by atoms with E-state index in [1.54, 1.807) is 0 Å². The van der Waals surface area contributed by atoms with Crippen LogP contribution in [0.15, 0.2) is 12.3 Å². The molecule has 2 nitrogen and oxygen atoms in total. The number of hydrogen-bond donors (Lipinski definition) is 0. The lowest BCUT2D eigenvalue weighted by Crippen LogP contribution is -2.34. The minimum atomic E-state index is -0.347. The predicted octanol–water partition coefficient (Wildman–Crippen LogP) is 0.606. The molecule has 2 atom stereocenters. The number of hydrogen-bond acceptors (Lipinski definition) is 2. The van der Waals surface area contributed by atoms with E-state index < -0.39 is 0 Å². The van der Waals surface area contributed by atoms with E-state index in [4.69, 9.17) is 0 Å². The van der Waals surface area contributed by atoms with E-state index in [0.717, 1.165) is 12.7 Å². The van der Waals surface area contributed by atoms with Crippen molar-refractivity contribution >= 4 is 15.5 Å². The number of aldehydes is 1. The van der Waals surface area contributed by atoms with Gasteiger partial charge in [-0.25, -0.2) is 0 Å². The molecule has 1 aliphatic rings. The van der Waals surface area contributed by atoms with Crippen LogP contribution in [-0.4, -0.2) is 23.5 Å². The lowest BCUT2D eigenvalue weighted by Gasteiger charge is -2.26. The molecule has 0 radical (unpaired) electrons. The molecule has 0 aromatic rings. The van der Waals surface area contributed by atoms with Crippen LogP contribution >= 0.6 is 9.24 Å². The van der Waals surface area contributed by atoms with Crippen LogP contribution in [0.5, 0.6) is 0 Å². The highest BCUT2D eigenvalue weighted by molar-refractivity contribution is 7.20. The molecule has 0 fully saturated rings. The molecule has 3 heteroatoms. The van der Waals surface area contributed by atoms with Crippen LogP contribution in [0.25, 0.3) is 0 Å². The van der Waals surface area contributed by atoms with Crippen molar-refractivity contribution in [3.05, 3.63) is 12.3 Å². The van der Waals surface area contributed by atoms with Crippen LogP contribution in [0.1, 0.15) is 6.42 Å². The predicted molar refractivity (Wildman–Crippen MR) is 40.0 cm³/mol. The molecule has 0 aromatic heterocycles. The average molecular weight is 143 g/mol. The van der Waals surface area contributed by atoms with E-state index in [1.807, 2.05) is 24.2 Å². The largest absolute Gasteiger partial charge is 0.365 e. The highest BCUT2D eigenvalue weighted by Crippen LogP contribution is 2.29. The molecule has 0 bridgehead atoms. The standard InChI is InChI=1S/C6H10NOP/c1-7-4-2-3-6(7,9)5-8/h2,4-5H,3,9H2,1H3. The van der Waals surface area contributed by atoms with E-state index in [9.17, 15) is 4.79 Å². The summed E-state index contributed by atoms with van der Waals surface area (Å²) in [5.41, 5.74) is 0. The summed E-state index contributed by atoms with van der Waals surface area (Å²) in [5.74, 6) is 0. The van der Waals surface area contributed by atoms with Crippen molar-refractivity contribution in [3.63, 3.8) is 0 Å². The van der Waals surface area contributed by atoms with Gasteiger partial charge in [0.2, 0.25) is 0 Å². The maximum atomic E-state index is 10.4. The Bertz CT molecular complexity index is 157. The molecular formula is C6H10NOP. The smallest absolute Gasteiger partial charge is 0.149 e. The van der Waals surface area contributed by atoms with Gasteiger partial charge >= 0.3 is 0 Å². The SMILES string of the molecule is CN1C=CCC1(P)C=O. The van der Waals surface area contributed by atoms with Gasteiger partial charge in [0.1, 0.15) is 11.6 Å². The van der Waals surface area contributed by atoms with E-state index in [1.165, 1.54) is 0 Å². The third-order valence-electron chi connectivity index (χ3n) is 1.63. The molecule has 2 unspecified atom stereocenters. The van der Waals surface area contributed by atoms with Gasteiger partial charge in [-0.15, -0.1) is 9.24 Å². The Kier molecular flexibility index (Phi) is 1.58. The number of likely N-dealkylation sites (N-methyl/N-ethyl adjacent to an activating group) is 1. The topological polar surface area (TPSA) is 20.3 Å². The summed E-state index contributed by atoms with van der Waals surface area (Å²) in [6.07, 6.45) is 5.66. The number of rotatable bonds is 1. The summed E-state index contributed by atoms with van der Waals surface area (Å²) >= 11 is 0. The van der Waals surface area contributed by atoms with Crippen molar-refractivity contribution in [2.45, 2.75) is 11.7 Å². The third kappa shape index (κ3) is 0.994. The summed E-state index contributed by atoms with van der Waals surface area (Å²) in [7, 11) is 4.44. The fourth-order valence-corrected chi connectivity index (χ4v) is 1.04. The first kappa shape index (κ1) is 6.76. The Hall–Kier alpha value is -0.360. The fourth-order valence-electron chi connectivity index (χ4n) is 0.814. The zero-order chi connectivity index (χ0) is 6.91. The first-order valence-electron chi connectivity index (χ1n) is 2.84. The van der Waals surface area contributed by atoms with Crippen molar-refractivity contribution in [2.24, 2.45) is 0 Å². The molecular weight excluding hydrogens is 133 g/mol. The highest BCUT2D eigenvalue weighted by atomic mass is 31.0. The molecule has 0 aromatic carbocycles. The Balaban J connectivity index is 2.73. The second-order valence-electron chi connectivity index (χ2n) is 2.31. The molecule has 50 valence electrons. The summed E-state index contributed by atoms with van der Waals surface area (Å²) in [6.45, 7) is 0. The van der Waals surface area contributed by atoms with Gasteiger partial charge in [-0.2, -0.15) is 0 Å². The van der Waals surface area contributed by atoms with E-state index in [2.05, 4.69) is 9.24 Å². The van der Waals surface area contributed by atoms with Gasteiger partial charge < -0.3 is 9.69 Å². The Labute approximate surface area is 57.1 Å². The number of carbonyl (C=O) groups is 1. The monoisotopic (exact) mass is 143 g/mol. The summed E-state index contributed by atoms with van der Waals surface area (Å²) in [4.78, 5) is 12.3. The molecule has 1 rings (SSSR count). The quantitative estimate of drug-likeness (QED) is 0.396. The Morgan fingerprint density at radius 1 is 1.89 bits per heavy atom. The van der Waals surface area contributed by atoms with Crippen LogP contribution in [0.4, 0.5) is 0 Å². The maximum Gasteiger partial charge on any atom is 0.149 e. The molecule has 0 saturated carbocycles. The molecule has 0 aliphatic carbocycles. The average Bonchev–Trinajstić information content (AvgIpc) is 2.15. The molecule has 1 heterocycles. The first-order chi connectivity index (χ1) is 4.19. The lowest BCUT2D eigenvalue weighted by molar-refractivity contribution is -0.112. The lowest BCUT2D eigenvalue weighted by atomic mass is 10.2. The van der Waals surface area contributed by atoms with Gasteiger partial charge in [-0.05, 0) is 6.20 Å². The summed E-state index contributed by atoms with van der Waals surface area (Å²) in [5, 5.41) is -0.347. The highest BCUT2D eigenvalue weighted by Gasteiger charge is 2.29. The van der Waals surface area contributed by atoms with E-state index >= 15 is 0 Å². The first-order valence-corrected chi connectivity index (χ1v) is 3.41. The van der Waals surface area contributed by atoms with Gasteiger partial charge in [-0.1, -0.05) is 6.08 Å². The molecule has 1 aliphatic heterocycles. The molecule has 0 amide bonds. The molecule has 0 saturated heterocycles. The second-order valence-corrected chi connectivity index (χ2v) is 3.31. The van der Waals surface area contributed by atoms with Crippen LogP contribution in [-0.2, 0) is 4.79 Å². The molecule has 0 spiro atoms. The van der Waals surface area contributed by atoms with Crippen molar-refractivity contribution < 1.29 is 4.79 Å². The fraction of sp³-hybridized carbons (Fsp3) is 0.500. The van der Waals surface area contributed by atoms with E-state index in [0.29, 0.717) is 0 Å². The van der Waals surface area contributed by atoms with Gasteiger partial charge in [0.05, 0.1) is 0 Å². The Morgan fingerprint density at radius 3 is 2.78 bits per heavy atom. The van der Waals surface area contributed by atoms with Crippen LogP contribution in [0.2, 0.25) is 0 Å². The Morgan fingerprint density at radius 2 is 2.56 bits per heavy atom. The summed E-state index contributed by atoms with van der Waals surface area (Å²) in [6, 6.07) is 0. The van der Waals surface area contributed by atoms with Crippen LogP contribution in [0, 0.1) is 0 Å². The van der Waals surface area contributed by atoms with Crippen molar-refractivity contribution in [3.8, 4) is 0 Å². The van der Waals surface area contributed by atoms with Gasteiger partial charge in [0, 0.05) is 13.5 Å². The zero-order valence-electron chi connectivity index (χ0n) is 5.37. The number of carbonyl (C=O) groups excluding carboxylic acids is 1. The molecule has 0 N–H and O–H groups in total. The third-order valence-corrected chi connectivity index (χ3v) is 2.41. The van der Waals surface area contributed by atoms with Gasteiger partial charge in [0.15, 0.2) is 0 Å². The normalized spacial score (nSPS) is 33.3. The maximum absolute atomic E-state index is 10.4.